The summed E-state index contributed by atoms with van der Waals surface area (Å²) in [5, 5.41) is 14.2. The molecule has 0 bridgehead atoms. The minimum absolute atomic E-state index is 0.0679. The average molecular weight is 451 g/mol. The molecule has 148 valence electrons. The van der Waals surface area contributed by atoms with Crippen LogP contribution in [0.4, 0.5) is 15.9 Å². The second kappa shape index (κ2) is 9.69. The number of nitrogens with zero attached hydrogens (tertiary/aromatic N) is 2. The Balaban J connectivity index is 1.54. The smallest absolute Gasteiger partial charge is 0.259 e. The molecular formula is C19H13Cl2FN4O2S. The molecule has 0 aliphatic carbocycles. The number of carbonyl (C=O) groups is 2. The first-order chi connectivity index (χ1) is 13.9. The van der Waals surface area contributed by atoms with E-state index in [9.17, 15) is 14.0 Å². The van der Waals surface area contributed by atoms with Crippen LogP contribution in [-0.4, -0.2) is 27.8 Å². The maximum Gasteiger partial charge on any atom is 0.259 e. The van der Waals surface area contributed by atoms with Gasteiger partial charge in [-0.05, 0) is 42.5 Å². The molecular weight excluding hydrogens is 438 g/mol. The molecule has 1 aromatic heterocycles. The van der Waals surface area contributed by atoms with Crippen molar-refractivity contribution in [2.75, 3.05) is 16.4 Å². The molecule has 1 heterocycles. The number of thioether (sulfide) groups is 1. The van der Waals surface area contributed by atoms with Crippen LogP contribution in [0.1, 0.15) is 10.4 Å². The number of anilines is 2. The number of rotatable bonds is 6. The molecule has 0 aliphatic rings. The fraction of sp³-hybridized carbons (Fsp3) is 0.0526. The van der Waals surface area contributed by atoms with Crippen molar-refractivity contribution in [1.29, 1.82) is 0 Å². The van der Waals surface area contributed by atoms with Crippen molar-refractivity contribution in [1.82, 2.24) is 10.2 Å². The van der Waals surface area contributed by atoms with E-state index in [0.29, 0.717) is 20.8 Å². The van der Waals surface area contributed by atoms with E-state index in [4.69, 9.17) is 23.2 Å². The highest BCUT2D eigenvalue weighted by Crippen LogP contribution is 2.26. The van der Waals surface area contributed by atoms with Crippen molar-refractivity contribution in [2.45, 2.75) is 5.03 Å². The van der Waals surface area contributed by atoms with Gasteiger partial charge in [0.25, 0.3) is 5.91 Å². The molecule has 0 atom stereocenters. The zero-order valence-electron chi connectivity index (χ0n) is 14.7. The molecule has 2 amide bonds. The summed E-state index contributed by atoms with van der Waals surface area (Å²) in [6, 6.07) is 13.5. The number of benzene rings is 2. The molecule has 0 spiro atoms. The third-order valence-corrected chi connectivity index (χ3v) is 5.04. The summed E-state index contributed by atoms with van der Waals surface area (Å²) in [5.74, 6) is -1.32. The number of amides is 2. The largest absolute Gasteiger partial charge is 0.324 e. The lowest BCUT2D eigenvalue weighted by Gasteiger charge is -2.08. The summed E-state index contributed by atoms with van der Waals surface area (Å²) in [7, 11) is 0. The van der Waals surface area contributed by atoms with E-state index in [1.165, 1.54) is 24.3 Å². The van der Waals surface area contributed by atoms with Gasteiger partial charge in [-0.3, -0.25) is 9.59 Å². The highest BCUT2D eigenvalue weighted by atomic mass is 35.5. The van der Waals surface area contributed by atoms with E-state index in [2.05, 4.69) is 20.8 Å². The molecule has 2 aromatic carbocycles. The third-order valence-electron chi connectivity index (χ3n) is 3.55. The van der Waals surface area contributed by atoms with Gasteiger partial charge in [0.05, 0.1) is 22.0 Å². The van der Waals surface area contributed by atoms with Gasteiger partial charge in [0.2, 0.25) is 5.91 Å². The summed E-state index contributed by atoms with van der Waals surface area (Å²) >= 11 is 13.0. The fourth-order valence-electron chi connectivity index (χ4n) is 2.21. The van der Waals surface area contributed by atoms with E-state index in [1.54, 1.807) is 30.3 Å². The highest BCUT2D eigenvalue weighted by Gasteiger charge is 2.12. The number of hydrogen-bond donors (Lipinski definition) is 2. The maximum atomic E-state index is 13.6. The van der Waals surface area contributed by atoms with Gasteiger partial charge in [-0.25, -0.2) is 4.39 Å². The summed E-state index contributed by atoms with van der Waals surface area (Å²) in [6.07, 6.45) is 0. The Morgan fingerprint density at radius 3 is 2.52 bits per heavy atom. The Morgan fingerprint density at radius 1 is 1.00 bits per heavy atom. The summed E-state index contributed by atoms with van der Waals surface area (Å²) < 4.78 is 13.6. The molecule has 0 aliphatic heterocycles. The van der Waals surface area contributed by atoms with E-state index in [1.807, 2.05) is 0 Å². The van der Waals surface area contributed by atoms with Gasteiger partial charge < -0.3 is 10.6 Å². The first-order valence-electron chi connectivity index (χ1n) is 8.19. The van der Waals surface area contributed by atoms with Crippen molar-refractivity contribution >= 4 is 58.3 Å². The number of halogens is 3. The second-order valence-corrected chi connectivity index (χ2v) is 7.49. The van der Waals surface area contributed by atoms with Gasteiger partial charge >= 0.3 is 0 Å². The number of aromatic nitrogens is 2. The Morgan fingerprint density at radius 2 is 1.79 bits per heavy atom. The van der Waals surface area contributed by atoms with Crippen LogP contribution in [0.5, 0.6) is 0 Å². The molecule has 2 N–H and O–H groups in total. The molecule has 0 fully saturated rings. The van der Waals surface area contributed by atoms with Gasteiger partial charge in [0, 0.05) is 5.02 Å². The monoisotopic (exact) mass is 450 g/mol. The van der Waals surface area contributed by atoms with Crippen LogP contribution in [0.15, 0.2) is 59.6 Å². The highest BCUT2D eigenvalue weighted by molar-refractivity contribution is 7.99. The zero-order chi connectivity index (χ0) is 20.8. The van der Waals surface area contributed by atoms with Crippen LogP contribution in [0.25, 0.3) is 0 Å². The van der Waals surface area contributed by atoms with Gasteiger partial charge in [-0.15, -0.1) is 10.2 Å². The topological polar surface area (TPSA) is 84.0 Å². The zero-order valence-corrected chi connectivity index (χ0v) is 17.0. The molecule has 10 heteroatoms. The first-order valence-corrected chi connectivity index (χ1v) is 9.94. The lowest BCUT2D eigenvalue weighted by Crippen LogP contribution is -2.15. The lowest BCUT2D eigenvalue weighted by atomic mass is 10.2. The van der Waals surface area contributed by atoms with Gasteiger partial charge in [-0.2, -0.15) is 0 Å². The van der Waals surface area contributed by atoms with Gasteiger partial charge in [-0.1, -0.05) is 47.1 Å². The maximum absolute atomic E-state index is 13.6. The number of carbonyl (C=O) groups excluding carboxylic acids is 2. The molecule has 0 radical (unpaired) electrons. The van der Waals surface area contributed by atoms with Crippen LogP contribution in [0, 0.1) is 5.82 Å². The standard InChI is InChI=1S/C19H13Cl2FN4O2S/c20-11-5-6-13(21)15(9-11)23-17(27)10-29-18-8-7-16(25-26-18)24-19(28)12-3-1-2-4-14(12)22/h1-9H,10H2,(H,23,27)(H,24,25,28). The number of hydrogen-bond acceptors (Lipinski definition) is 5. The van der Waals surface area contributed by atoms with E-state index in [-0.39, 0.29) is 23.0 Å². The van der Waals surface area contributed by atoms with Gasteiger partial charge in [0.15, 0.2) is 5.82 Å². The minimum Gasteiger partial charge on any atom is -0.324 e. The number of nitrogens with one attached hydrogen (secondary N) is 2. The Bertz CT molecular complexity index is 1050. The van der Waals surface area contributed by atoms with Crippen LogP contribution >= 0.6 is 35.0 Å². The fourth-order valence-corrected chi connectivity index (χ4v) is 3.16. The Hall–Kier alpha value is -2.68. The summed E-state index contributed by atoms with van der Waals surface area (Å²) in [5.41, 5.74) is 0.325. The van der Waals surface area contributed by atoms with Crippen molar-refractivity contribution in [3.8, 4) is 0 Å². The van der Waals surface area contributed by atoms with Crippen LogP contribution in [-0.2, 0) is 4.79 Å². The normalized spacial score (nSPS) is 10.4. The van der Waals surface area contributed by atoms with Crippen LogP contribution < -0.4 is 10.6 Å². The van der Waals surface area contributed by atoms with Crippen LogP contribution in [0.3, 0.4) is 0 Å². The molecule has 3 rings (SSSR count). The Kier molecular flexibility index (Phi) is 7.03. The lowest BCUT2D eigenvalue weighted by molar-refractivity contribution is -0.113. The predicted molar refractivity (Wildman–Crippen MR) is 112 cm³/mol. The molecule has 3 aromatic rings. The van der Waals surface area contributed by atoms with Crippen molar-refractivity contribution in [2.24, 2.45) is 0 Å². The molecule has 0 unspecified atom stereocenters. The predicted octanol–water partition coefficient (Wildman–Crippen LogP) is 4.91. The third kappa shape index (κ3) is 5.90. The van der Waals surface area contributed by atoms with E-state index >= 15 is 0 Å². The average Bonchev–Trinajstić information content (AvgIpc) is 2.70. The summed E-state index contributed by atoms with van der Waals surface area (Å²) in [4.78, 5) is 24.1. The van der Waals surface area contributed by atoms with E-state index < -0.39 is 11.7 Å². The second-order valence-electron chi connectivity index (χ2n) is 5.65. The van der Waals surface area contributed by atoms with Crippen molar-refractivity contribution < 1.29 is 14.0 Å². The van der Waals surface area contributed by atoms with E-state index in [0.717, 1.165) is 11.8 Å². The quantitative estimate of drug-likeness (QED) is 0.521. The van der Waals surface area contributed by atoms with Crippen molar-refractivity contribution in [3.63, 3.8) is 0 Å². The van der Waals surface area contributed by atoms with Crippen molar-refractivity contribution in [3.05, 3.63) is 76.0 Å². The molecule has 0 saturated carbocycles. The van der Waals surface area contributed by atoms with Gasteiger partial charge in [0.1, 0.15) is 10.8 Å². The molecule has 6 nitrogen and oxygen atoms in total. The molecule has 29 heavy (non-hydrogen) atoms. The van der Waals surface area contributed by atoms with Crippen LogP contribution in [0.2, 0.25) is 10.0 Å². The molecule has 0 saturated heterocycles. The SMILES string of the molecule is O=C(CSc1ccc(NC(=O)c2ccccc2F)nn1)Nc1cc(Cl)ccc1Cl. The minimum atomic E-state index is -0.629. The Labute approximate surface area is 179 Å². The first kappa shape index (κ1) is 21.0. The summed E-state index contributed by atoms with van der Waals surface area (Å²) in [6.45, 7) is 0.